The van der Waals surface area contributed by atoms with Crippen LogP contribution >= 0.6 is 0 Å². The zero-order valence-electron chi connectivity index (χ0n) is 10.4. The maximum absolute atomic E-state index is 13.2. The second kappa shape index (κ2) is 5.11. The molecule has 1 aromatic rings. The van der Waals surface area contributed by atoms with Crippen LogP contribution in [0.1, 0.15) is 18.9 Å². The predicted octanol–water partition coefficient (Wildman–Crippen LogP) is 2.04. The zero-order valence-corrected chi connectivity index (χ0v) is 11.2. The minimum Gasteiger partial charge on any atom is -0.207 e. The van der Waals surface area contributed by atoms with Crippen LogP contribution in [0.4, 0.5) is 4.39 Å². The molecule has 1 heterocycles. The Hall–Kier alpha value is -1.71. The predicted molar refractivity (Wildman–Crippen MR) is 68.2 cm³/mol. The number of halogens is 1. The van der Waals surface area contributed by atoms with Gasteiger partial charge in [-0.25, -0.2) is 12.8 Å². The summed E-state index contributed by atoms with van der Waals surface area (Å²) in [7, 11) is -3.67. The summed E-state index contributed by atoms with van der Waals surface area (Å²) in [5, 5.41) is 8.75. The summed E-state index contributed by atoms with van der Waals surface area (Å²) < 4.78 is 39.3. The third kappa shape index (κ3) is 2.67. The molecule has 1 aliphatic rings. The van der Waals surface area contributed by atoms with Crippen LogP contribution in [0.2, 0.25) is 0 Å². The normalized spacial score (nSPS) is 16.8. The van der Waals surface area contributed by atoms with Crippen LogP contribution in [0.15, 0.2) is 34.7 Å². The average molecular weight is 280 g/mol. The maximum Gasteiger partial charge on any atom is 0.243 e. The van der Waals surface area contributed by atoms with Crippen molar-refractivity contribution in [3.63, 3.8) is 0 Å². The minimum atomic E-state index is -3.67. The molecule has 0 saturated carbocycles. The van der Waals surface area contributed by atoms with Crippen molar-refractivity contribution in [2.75, 3.05) is 13.1 Å². The molecule has 6 heteroatoms. The van der Waals surface area contributed by atoms with Gasteiger partial charge in [0.15, 0.2) is 0 Å². The lowest BCUT2D eigenvalue weighted by Crippen LogP contribution is -2.35. The standard InChI is InChI=1S/C13H13FN2O2S/c1-10-3-2-6-16(9-10)19(17,18)12-4-5-13(14)11(7-12)8-15/h3-5,7H,2,6,9H2,1H3. The van der Waals surface area contributed by atoms with Crippen molar-refractivity contribution in [3.8, 4) is 6.07 Å². The lowest BCUT2D eigenvalue weighted by molar-refractivity contribution is 0.428. The van der Waals surface area contributed by atoms with E-state index >= 15 is 0 Å². The lowest BCUT2D eigenvalue weighted by atomic mass is 10.2. The van der Waals surface area contributed by atoms with Gasteiger partial charge in [-0.3, -0.25) is 0 Å². The summed E-state index contributed by atoms with van der Waals surface area (Å²) >= 11 is 0. The average Bonchev–Trinajstić information content (AvgIpc) is 2.39. The maximum atomic E-state index is 13.2. The molecular weight excluding hydrogens is 267 g/mol. The summed E-state index contributed by atoms with van der Waals surface area (Å²) in [6, 6.07) is 4.94. The molecule has 0 spiro atoms. The molecule has 0 unspecified atom stereocenters. The van der Waals surface area contributed by atoms with Crippen molar-refractivity contribution >= 4 is 10.0 Å². The number of hydrogen-bond acceptors (Lipinski definition) is 3. The fraction of sp³-hybridized carbons (Fsp3) is 0.308. The molecule has 0 fully saturated rings. The fourth-order valence-corrected chi connectivity index (χ4v) is 3.51. The summed E-state index contributed by atoms with van der Waals surface area (Å²) in [6.07, 6.45) is 2.66. The number of hydrogen-bond donors (Lipinski definition) is 0. The third-order valence-corrected chi connectivity index (χ3v) is 4.83. The van der Waals surface area contributed by atoms with Gasteiger partial charge in [0.2, 0.25) is 10.0 Å². The van der Waals surface area contributed by atoms with E-state index < -0.39 is 15.8 Å². The van der Waals surface area contributed by atoms with Gasteiger partial charge in [-0.1, -0.05) is 11.6 Å². The van der Waals surface area contributed by atoms with Crippen molar-refractivity contribution in [2.24, 2.45) is 0 Å². The number of benzene rings is 1. The molecular formula is C13H13FN2O2S. The van der Waals surface area contributed by atoms with E-state index in [1.54, 1.807) is 6.07 Å². The van der Waals surface area contributed by atoms with Gasteiger partial charge >= 0.3 is 0 Å². The molecule has 0 atom stereocenters. The summed E-state index contributed by atoms with van der Waals surface area (Å²) in [5.74, 6) is -0.712. The highest BCUT2D eigenvalue weighted by Gasteiger charge is 2.26. The van der Waals surface area contributed by atoms with Gasteiger partial charge < -0.3 is 0 Å². The Morgan fingerprint density at radius 2 is 2.16 bits per heavy atom. The first-order chi connectivity index (χ1) is 8.95. The molecule has 0 N–H and O–H groups in total. The van der Waals surface area contributed by atoms with Gasteiger partial charge in [-0.05, 0) is 31.5 Å². The van der Waals surface area contributed by atoms with Gasteiger partial charge in [0, 0.05) is 13.1 Å². The molecule has 4 nitrogen and oxygen atoms in total. The Labute approximate surface area is 111 Å². The van der Waals surface area contributed by atoms with Gasteiger partial charge in [-0.15, -0.1) is 0 Å². The number of rotatable bonds is 2. The van der Waals surface area contributed by atoms with Crippen molar-refractivity contribution in [1.29, 1.82) is 5.26 Å². The monoisotopic (exact) mass is 280 g/mol. The number of sulfonamides is 1. The van der Waals surface area contributed by atoms with Gasteiger partial charge in [0.25, 0.3) is 0 Å². The topological polar surface area (TPSA) is 61.2 Å². The molecule has 0 aliphatic carbocycles. The van der Waals surface area contributed by atoms with E-state index in [1.165, 1.54) is 10.4 Å². The van der Waals surface area contributed by atoms with Crippen LogP contribution in [0, 0.1) is 17.1 Å². The van der Waals surface area contributed by atoms with Gasteiger partial charge in [0.05, 0.1) is 10.5 Å². The summed E-state index contributed by atoms with van der Waals surface area (Å²) in [6.45, 7) is 2.60. The Balaban J connectivity index is 2.40. The highest BCUT2D eigenvalue weighted by Crippen LogP contribution is 2.22. The molecule has 0 amide bonds. The SMILES string of the molecule is CC1=CCCN(S(=O)(=O)c2ccc(F)c(C#N)c2)C1. The van der Waals surface area contributed by atoms with Crippen LogP contribution in [-0.4, -0.2) is 25.8 Å². The van der Waals surface area contributed by atoms with Crippen molar-refractivity contribution in [1.82, 2.24) is 4.31 Å². The molecule has 0 bridgehead atoms. The fourth-order valence-electron chi connectivity index (χ4n) is 1.98. The van der Waals surface area contributed by atoms with E-state index in [-0.39, 0.29) is 10.5 Å². The summed E-state index contributed by atoms with van der Waals surface area (Å²) in [4.78, 5) is -0.0415. The Morgan fingerprint density at radius 1 is 1.42 bits per heavy atom. The molecule has 0 saturated heterocycles. The quantitative estimate of drug-likeness (QED) is 0.779. The number of nitriles is 1. The molecule has 0 radical (unpaired) electrons. The van der Waals surface area contributed by atoms with Gasteiger partial charge in [-0.2, -0.15) is 9.57 Å². The highest BCUT2D eigenvalue weighted by molar-refractivity contribution is 7.89. The van der Waals surface area contributed by atoms with E-state index in [2.05, 4.69) is 0 Å². The Bertz CT molecular complexity index is 674. The van der Waals surface area contributed by atoms with Crippen LogP contribution in [0.3, 0.4) is 0 Å². The Morgan fingerprint density at radius 3 is 2.79 bits per heavy atom. The van der Waals surface area contributed by atoms with E-state index in [4.69, 9.17) is 5.26 Å². The lowest BCUT2D eigenvalue weighted by Gasteiger charge is -2.25. The van der Waals surface area contributed by atoms with Crippen LogP contribution in [0.5, 0.6) is 0 Å². The van der Waals surface area contributed by atoms with Crippen molar-refractivity contribution < 1.29 is 12.8 Å². The molecule has 100 valence electrons. The van der Waals surface area contributed by atoms with Gasteiger partial charge in [0.1, 0.15) is 11.9 Å². The second-order valence-corrected chi connectivity index (χ2v) is 6.37. The van der Waals surface area contributed by atoms with Crippen LogP contribution < -0.4 is 0 Å². The van der Waals surface area contributed by atoms with Crippen molar-refractivity contribution in [3.05, 3.63) is 41.2 Å². The first-order valence-corrected chi connectivity index (χ1v) is 7.24. The molecule has 1 aliphatic heterocycles. The third-order valence-electron chi connectivity index (χ3n) is 2.99. The molecule has 19 heavy (non-hydrogen) atoms. The molecule has 1 aromatic carbocycles. The smallest absolute Gasteiger partial charge is 0.207 e. The molecule has 0 aromatic heterocycles. The van der Waals surface area contributed by atoms with Crippen LogP contribution in [0.25, 0.3) is 0 Å². The van der Waals surface area contributed by atoms with E-state index in [0.717, 1.165) is 17.7 Å². The zero-order chi connectivity index (χ0) is 14.0. The van der Waals surface area contributed by atoms with Crippen molar-refractivity contribution in [2.45, 2.75) is 18.2 Å². The Kier molecular flexibility index (Phi) is 3.69. The van der Waals surface area contributed by atoms with E-state index in [0.29, 0.717) is 19.5 Å². The first kappa shape index (κ1) is 13.7. The highest BCUT2D eigenvalue weighted by atomic mass is 32.2. The van der Waals surface area contributed by atoms with E-state index in [9.17, 15) is 12.8 Å². The van der Waals surface area contributed by atoms with E-state index in [1.807, 2.05) is 13.0 Å². The minimum absolute atomic E-state index is 0.0415. The first-order valence-electron chi connectivity index (χ1n) is 5.80. The largest absolute Gasteiger partial charge is 0.243 e. The number of nitrogens with zero attached hydrogens (tertiary/aromatic N) is 2. The second-order valence-electron chi connectivity index (χ2n) is 4.43. The molecule has 2 rings (SSSR count). The summed E-state index contributed by atoms with van der Waals surface area (Å²) in [5.41, 5.74) is 0.725. The van der Waals surface area contributed by atoms with Crippen LogP contribution in [-0.2, 0) is 10.0 Å².